The summed E-state index contributed by atoms with van der Waals surface area (Å²) in [5.74, 6) is 0.617. The van der Waals surface area contributed by atoms with Crippen molar-refractivity contribution >= 4 is 17.6 Å². The van der Waals surface area contributed by atoms with Crippen molar-refractivity contribution in [3.05, 3.63) is 47.4 Å². The van der Waals surface area contributed by atoms with E-state index in [1.165, 1.54) is 7.11 Å². The van der Waals surface area contributed by atoms with Gasteiger partial charge in [-0.05, 0) is 48.0 Å². The Labute approximate surface area is 127 Å². The van der Waals surface area contributed by atoms with E-state index in [1.807, 2.05) is 0 Å². The van der Waals surface area contributed by atoms with Gasteiger partial charge in [0.15, 0.2) is 5.22 Å². The minimum Gasteiger partial charge on any atom is -0.497 e. The number of furan rings is 1. The van der Waals surface area contributed by atoms with Crippen LogP contribution in [0.1, 0.15) is 11.7 Å². The maximum atomic E-state index is 11.8. The van der Waals surface area contributed by atoms with Gasteiger partial charge in [0.25, 0.3) is 0 Å². The number of carbonyl (C=O) groups is 1. The molecule has 6 heteroatoms. The van der Waals surface area contributed by atoms with Crippen molar-refractivity contribution in [2.24, 2.45) is 0 Å². The van der Waals surface area contributed by atoms with Crippen LogP contribution in [-0.2, 0) is 9.53 Å². The molecule has 0 amide bonds. The monoisotopic (exact) mass is 310 g/mol. The molecule has 0 saturated heterocycles. The van der Waals surface area contributed by atoms with E-state index < -0.39 is 11.9 Å². The zero-order chi connectivity index (χ0) is 15.2. The molecule has 0 aliphatic carbocycles. The molecule has 0 spiro atoms. The Kier molecular flexibility index (Phi) is 5.11. The van der Waals surface area contributed by atoms with Crippen LogP contribution in [0.2, 0.25) is 5.22 Å². The predicted octanol–water partition coefficient (Wildman–Crippen LogP) is 3.28. The summed E-state index contributed by atoms with van der Waals surface area (Å²) in [7, 11) is 2.90. The highest BCUT2D eigenvalue weighted by Crippen LogP contribution is 2.25. The van der Waals surface area contributed by atoms with Crippen molar-refractivity contribution in [2.75, 3.05) is 20.8 Å². The van der Waals surface area contributed by atoms with Crippen molar-refractivity contribution in [3.8, 4) is 11.5 Å². The Morgan fingerprint density at radius 3 is 2.33 bits per heavy atom. The smallest absolute Gasteiger partial charge is 0.319 e. The zero-order valence-electron chi connectivity index (χ0n) is 11.7. The van der Waals surface area contributed by atoms with Crippen LogP contribution >= 0.6 is 11.6 Å². The van der Waals surface area contributed by atoms with Crippen molar-refractivity contribution in [1.82, 2.24) is 0 Å². The van der Waals surface area contributed by atoms with Crippen LogP contribution in [0, 0.1) is 0 Å². The Morgan fingerprint density at radius 1 is 1.14 bits per heavy atom. The fraction of sp³-hybridized carbons (Fsp3) is 0.267. The number of halogens is 1. The van der Waals surface area contributed by atoms with E-state index in [4.69, 9.17) is 30.2 Å². The van der Waals surface area contributed by atoms with E-state index in [1.54, 1.807) is 43.5 Å². The summed E-state index contributed by atoms with van der Waals surface area (Å²) in [6.45, 7) is 0.0862. The third-order valence-corrected chi connectivity index (χ3v) is 3.10. The van der Waals surface area contributed by atoms with E-state index in [0.717, 1.165) is 5.75 Å². The Bertz CT molecular complexity index is 590. The van der Waals surface area contributed by atoms with Crippen molar-refractivity contribution in [2.45, 2.75) is 5.92 Å². The summed E-state index contributed by atoms with van der Waals surface area (Å²) < 4.78 is 20.7. The molecular weight excluding hydrogens is 296 g/mol. The van der Waals surface area contributed by atoms with Crippen LogP contribution in [0.15, 0.2) is 40.8 Å². The summed E-state index contributed by atoms with van der Waals surface area (Å²) in [4.78, 5) is 11.8. The van der Waals surface area contributed by atoms with E-state index in [9.17, 15) is 4.79 Å². The lowest BCUT2D eigenvalue weighted by molar-refractivity contribution is -0.143. The largest absolute Gasteiger partial charge is 0.497 e. The second-order valence-electron chi connectivity index (χ2n) is 4.20. The average molecular weight is 311 g/mol. The second kappa shape index (κ2) is 7.04. The van der Waals surface area contributed by atoms with Crippen LogP contribution in [-0.4, -0.2) is 26.8 Å². The maximum absolute atomic E-state index is 11.8. The lowest BCUT2D eigenvalue weighted by Gasteiger charge is -2.13. The number of hydrogen-bond donors (Lipinski definition) is 0. The van der Waals surface area contributed by atoms with Gasteiger partial charge >= 0.3 is 5.97 Å². The quantitative estimate of drug-likeness (QED) is 0.766. The van der Waals surface area contributed by atoms with Gasteiger partial charge in [-0.1, -0.05) is 0 Å². The molecule has 0 N–H and O–H groups in total. The first kappa shape index (κ1) is 15.3. The minimum absolute atomic E-state index is 0.0862. The van der Waals surface area contributed by atoms with Crippen molar-refractivity contribution in [3.63, 3.8) is 0 Å². The number of rotatable bonds is 6. The molecule has 1 atom stereocenters. The molecule has 1 heterocycles. The number of ether oxygens (including phenoxy) is 3. The van der Waals surface area contributed by atoms with Gasteiger partial charge < -0.3 is 18.6 Å². The minimum atomic E-state index is -0.676. The second-order valence-corrected chi connectivity index (χ2v) is 4.58. The lowest BCUT2D eigenvalue weighted by Crippen LogP contribution is -2.20. The summed E-state index contributed by atoms with van der Waals surface area (Å²) in [6.07, 6.45) is 0. The predicted molar refractivity (Wildman–Crippen MR) is 77.0 cm³/mol. The van der Waals surface area contributed by atoms with Gasteiger partial charge in [-0.3, -0.25) is 4.79 Å². The first-order chi connectivity index (χ1) is 10.1. The normalized spacial score (nSPS) is 11.8. The Balaban J connectivity index is 2.06. The summed E-state index contributed by atoms with van der Waals surface area (Å²) in [6, 6.07) is 10.2. The SMILES string of the molecule is COC(=O)C(COc1ccc(OC)cc1)c1ccc(Cl)o1. The molecule has 5 nitrogen and oxygen atoms in total. The van der Waals surface area contributed by atoms with E-state index in [2.05, 4.69) is 0 Å². The Morgan fingerprint density at radius 2 is 1.81 bits per heavy atom. The molecule has 1 aromatic heterocycles. The number of methoxy groups -OCH3 is 2. The highest BCUT2D eigenvalue weighted by atomic mass is 35.5. The molecule has 21 heavy (non-hydrogen) atoms. The van der Waals surface area contributed by atoms with Crippen LogP contribution in [0.5, 0.6) is 11.5 Å². The molecule has 0 bridgehead atoms. The highest BCUT2D eigenvalue weighted by Gasteiger charge is 2.26. The van der Waals surface area contributed by atoms with Crippen molar-refractivity contribution in [1.29, 1.82) is 0 Å². The first-order valence-electron chi connectivity index (χ1n) is 6.24. The number of benzene rings is 1. The number of esters is 1. The van der Waals surface area contributed by atoms with Gasteiger partial charge in [0.05, 0.1) is 14.2 Å². The third-order valence-electron chi connectivity index (χ3n) is 2.90. The van der Waals surface area contributed by atoms with Gasteiger partial charge in [-0.25, -0.2) is 0 Å². The Hall–Kier alpha value is -2.14. The van der Waals surface area contributed by atoms with E-state index in [-0.39, 0.29) is 11.8 Å². The van der Waals surface area contributed by atoms with Gasteiger partial charge in [0.1, 0.15) is 29.8 Å². The molecule has 0 saturated carbocycles. The number of carbonyl (C=O) groups excluding carboxylic acids is 1. The molecule has 1 aromatic carbocycles. The molecular formula is C15H15ClO5. The fourth-order valence-electron chi connectivity index (χ4n) is 1.78. The molecule has 0 aliphatic rings. The summed E-state index contributed by atoms with van der Waals surface area (Å²) >= 11 is 5.73. The van der Waals surface area contributed by atoms with Gasteiger partial charge in [0, 0.05) is 0 Å². The third kappa shape index (κ3) is 3.92. The topological polar surface area (TPSA) is 57.9 Å². The molecule has 0 radical (unpaired) electrons. The van der Waals surface area contributed by atoms with Gasteiger partial charge in [-0.2, -0.15) is 0 Å². The van der Waals surface area contributed by atoms with Crippen LogP contribution in [0.3, 0.4) is 0 Å². The van der Waals surface area contributed by atoms with Crippen LogP contribution < -0.4 is 9.47 Å². The van der Waals surface area contributed by atoms with E-state index >= 15 is 0 Å². The van der Waals surface area contributed by atoms with Crippen LogP contribution in [0.4, 0.5) is 0 Å². The first-order valence-corrected chi connectivity index (χ1v) is 6.61. The molecule has 2 rings (SSSR count). The lowest BCUT2D eigenvalue weighted by atomic mass is 10.1. The van der Waals surface area contributed by atoms with E-state index in [0.29, 0.717) is 11.5 Å². The zero-order valence-corrected chi connectivity index (χ0v) is 12.4. The molecule has 1 unspecified atom stereocenters. The molecule has 0 fully saturated rings. The summed E-state index contributed by atoms with van der Waals surface area (Å²) in [5, 5.41) is 0.211. The summed E-state index contributed by atoms with van der Waals surface area (Å²) in [5.41, 5.74) is 0. The number of hydrogen-bond acceptors (Lipinski definition) is 5. The maximum Gasteiger partial charge on any atom is 0.319 e. The van der Waals surface area contributed by atoms with Gasteiger partial charge in [-0.15, -0.1) is 0 Å². The average Bonchev–Trinajstić information content (AvgIpc) is 2.94. The molecule has 112 valence electrons. The van der Waals surface area contributed by atoms with Crippen molar-refractivity contribution < 1.29 is 23.4 Å². The molecule has 0 aliphatic heterocycles. The van der Waals surface area contributed by atoms with Crippen LogP contribution in [0.25, 0.3) is 0 Å². The standard InChI is InChI=1S/C15H15ClO5/c1-18-10-3-5-11(6-4-10)20-9-12(15(17)19-2)13-7-8-14(16)21-13/h3-8,12H,9H2,1-2H3. The fourth-order valence-corrected chi connectivity index (χ4v) is 1.93. The molecule has 2 aromatic rings. The van der Waals surface area contributed by atoms with Gasteiger partial charge in [0.2, 0.25) is 0 Å². The highest BCUT2D eigenvalue weighted by molar-refractivity contribution is 6.28.